The first kappa shape index (κ1) is 8.60. The first-order valence-corrected chi connectivity index (χ1v) is 6.93. The molecule has 3 fully saturated rings. The molecule has 2 heteroatoms. The van der Waals surface area contributed by atoms with Crippen LogP contribution in [-0.4, -0.2) is 23.6 Å². The summed E-state index contributed by atoms with van der Waals surface area (Å²) < 4.78 is 0. The van der Waals surface area contributed by atoms with E-state index < -0.39 is 0 Å². The highest BCUT2D eigenvalue weighted by Crippen LogP contribution is 2.51. The molecule has 13 heavy (non-hydrogen) atoms. The van der Waals surface area contributed by atoms with Crippen molar-refractivity contribution in [1.82, 2.24) is 5.32 Å². The van der Waals surface area contributed by atoms with Gasteiger partial charge in [0.1, 0.15) is 0 Å². The van der Waals surface area contributed by atoms with E-state index in [1.807, 2.05) is 0 Å². The Morgan fingerprint density at radius 1 is 1.00 bits per heavy atom. The average molecular weight is 197 g/mol. The predicted octanol–water partition coefficient (Wildman–Crippen LogP) is 2.27. The zero-order valence-corrected chi connectivity index (χ0v) is 8.98. The summed E-state index contributed by atoms with van der Waals surface area (Å²) in [6.45, 7) is 0. The van der Waals surface area contributed by atoms with Gasteiger partial charge in [-0.2, -0.15) is 11.8 Å². The van der Waals surface area contributed by atoms with Gasteiger partial charge in [0.05, 0.1) is 0 Å². The number of thioether (sulfide) groups is 1. The molecule has 0 spiro atoms. The van der Waals surface area contributed by atoms with E-state index in [0.29, 0.717) is 0 Å². The molecule has 3 aliphatic rings. The van der Waals surface area contributed by atoms with Crippen molar-refractivity contribution >= 4 is 11.8 Å². The molecule has 3 rings (SSSR count). The zero-order valence-electron chi connectivity index (χ0n) is 8.17. The second kappa shape index (κ2) is 3.47. The molecule has 0 aromatic carbocycles. The maximum Gasteiger partial charge on any atom is 0.0101 e. The molecule has 1 nitrogen and oxygen atoms in total. The Kier molecular flexibility index (Phi) is 2.30. The summed E-state index contributed by atoms with van der Waals surface area (Å²) in [6, 6.07) is 1.78. The molecule has 0 radical (unpaired) electrons. The van der Waals surface area contributed by atoms with E-state index >= 15 is 0 Å². The van der Waals surface area contributed by atoms with Crippen LogP contribution in [0.2, 0.25) is 0 Å². The summed E-state index contributed by atoms with van der Waals surface area (Å²) in [7, 11) is 0. The first-order valence-electron chi connectivity index (χ1n) is 5.77. The van der Waals surface area contributed by atoms with Gasteiger partial charge in [0.2, 0.25) is 0 Å². The number of nitrogens with one attached hydrogen (secondary N) is 1. The van der Waals surface area contributed by atoms with Gasteiger partial charge >= 0.3 is 0 Å². The van der Waals surface area contributed by atoms with Gasteiger partial charge in [-0.15, -0.1) is 0 Å². The van der Waals surface area contributed by atoms with Crippen molar-refractivity contribution in [1.29, 1.82) is 0 Å². The van der Waals surface area contributed by atoms with Crippen molar-refractivity contribution in [2.75, 3.05) is 11.5 Å². The molecular formula is C11H19NS. The van der Waals surface area contributed by atoms with E-state index in [0.717, 1.165) is 23.9 Å². The quantitative estimate of drug-likeness (QED) is 0.729. The Labute approximate surface area is 85.0 Å². The van der Waals surface area contributed by atoms with E-state index in [9.17, 15) is 0 Å². The van der Waals surface area contributed by atoms with Gasteiger partial charge in [0.15, 0.2) is 0 Å². The Morgan fingerprint density at radius 3 is 2.46 bits per heavy atom. The van der Waals surface area contributed by atoms with E-state index in [-0.39, 0.29) is 0 Å². The first-order chi connectivity index (χ1) is 6.43. The fourth-order valence-electron chi connectivity index (χ4n) is 3.08. The van der Waals surface area contributed by atoms with Crippen molar-refractivity contribution in [2.45, 2.75) is 44.2 Å². The molecule has 0 aromatic rings. The van der Waals surface area contributed by atoms with E-state index in [1.54, 1.807) is 6.42 Å². The molecule has 0 aromatic heterocycles. The van der Waals surface area contributed by atoms with Gasteiger partial charge in [-0.05, 0) is 55.4 Å². The Morgan fingerprint density at radius 2 is 1.85 bits per heavy atom. The van der Waals surface area contributed by atoms with Gasteiger partial charge in [-0.3, -0.25) is 0 Å². The van der Waals surface area contributed by atoms with Crippen molar-refractivity contribution in [3.05, 3.63) is 0 Å². The SMILES string of the molecule is C1CC(NC2CC[C@H]3C[C@@H]23)CCS1. The molecular weight excluding hydrogens is 178 g/mol. The third-order valence-corrected chi connectivity index (χ3v) is 5.06. The number of hydrogen-bond donors (Lipinski definition) is 1. The van der Waals surface area contributed by atoms with Gasteiger partial charge in [0.25, 0.3) is 0 Å². The molecule has 74 valence electrons. The third-order valence-electron chi connectivity index (χ3n) is 4.01. The molecule has 1 N–H and O–H groups in total. The molecule has 1 heterocycles. The molecule has 1 aliphatic heterocycles. The fourth-order valence-corrected chi connectivity index (χ4v) is 4.18. The lowest BCUT2D eigenvalue weighted by Crippen LogP contribution is -2.40. The second-order valence-corrected chi connectivity index (χ2v) is 6.12. The number of fused-ring (bicyclic) bond motifs is 1. The highest BCUT2D eigenvalue weighted by atomic mass is 32.2. The predicted molar refractivity (Wildman–Crippen MR) is 58.1 cm³/mol. The van der Waals surface area contributed by atoms with Crippen molar-refractivity contribution < 1.29 is 0 Å². The summed E-state index contributed by atoms with van der Waals surface area (Å²) in [6.07, 6.45) is 7.36. The maximum atomic E-state index is 3.90. The van der Waals surface area contributed by atoms with Crippen molar-refractivity contribution in [2.24, 2.45) is 11.8 Å². The van der Waals surface area contributed by atoms with Crippen LogP contribution in [0.4, 0.5) is 0 Å². The fraction of sp³-hybridized carbons (Fsp3) is 1.00. The molecule has 3 atom stereocenters. The monoisotopic (exact) mass is 197 g/mol. The zero-order chi connectivity index (χ0) is 8.67. The van der Waals surface area contributed by atoms with Gasteiger partial charge in [-0.25, -0.2) is 0 Å². The Bertz CT molecular complexity index is 189. The third kappa shape index (κ3) is 1.75. The molecule has 0 amide bonds. The lowest BCUT2D eigenvalue weighted by Gasteiger charge is -2.27. The number of hydrogen-bond acceptors (Lipinski definition) is 2. The van der Waals surface area contributed by atoms with E-state index in [2.05, 4.69) is 17.1 Å². The summed E-state index contributed by atoms with van der Waals surface area (Å²) >= 11 is 2.13. The van der Waals surface area contributed by atoms with Crippen LogP contribution in [0.15, 0.2) is 0 Å². The average Bonchev–Trinajstić information content (AvgIpc) is 2.86. The standard InChI is InChI=1S/C11H19NS/c1-2-11(10-7-8(1)10)12-9-3-5-13-6-4-9/h8-12H,1-7H2/t8-,10+,11?/m0/s1. The van der Waals surface area contributed by atoms with Gasteiger partial charge < -0.3 is 5.32 Å². The van der Waals surface area contributed by atoms with E-state index in [1.165, 1.54) is 37.2 Å². The number of rotatable bonds is 2. The minimum atomic E-state index is 0.866. The smallest absolute Gasteiger partial charge is 0.0101 e. The van der Waals surface area contributed by atoms with Crippen molar-refractivity contribution in [3.63, 3.8) is 0 Å². The largest absolute Gasteiger partial charge is 0.311 e. The van der Waals surface area contributed by atoms with Crippen molar-refractivity contribution in [3.8, 4) is 0 Å². The second-order valence-electron chi connectivity index (χ2n) is 4.90. The summed E-state index contributed by atoms with van der Waals surface area (Å²) in [5.74, 6) is 5.00. The lowest BCUT2D eigenvalue weighted by molar-refractivity contribution is 0.384. The van der Waals surface area contributed by atoms with Crippen LogP contribution >= 0.6 is 11.8 Å². The summed E-state index contributed by atoms with van der Waals surface area (Å²) in [5, 5.41) is 3.90. The minimum Gasteiger partial charge on any atom is -0.311 e. The minimum absolute atomic E-state index is 0.866. The Hall–Kier alpha value is 0.310. The lowest BCUT2D eigenvalue weighted by atomic mass is 10.1. The normalized spacial score (nSPS) is 44.8. The van der Waals surface area contributed by atoms with Crippen LogP contribution in [0.5, 0.6) is 0 Å². The van der Waals surface area contributed by atoms with Crippen LogP contribution in [0, 0.1) is 11.8 Å². The van der Waals surface area contributed by atoms with Gasteiger partial charge in [0, 0.05) is 12.1 Å². The van der Waals surface area contributed by atoms with E-state index in [4.69, 9.17) is 0 Å². The summed E-state index contributed by atoms with van der Waals surface area (Å²) in [5.41, 5.74) is 0. The molecule has 2 saturated carbocycles. The molecule has 0 bridgehead atoms. The van der Waals surface area contributed by atoms with Gasteiger partial charge in [-0.1, -0.05) is 0 Å². The molecule has 2 aliphatic carbocycles. The maximum absolute atomic E-state index is 3.90. The molecule has 1 unspecified atom stereocenters. The Balaban J connectivity index is 1.50. The van der Waals surface area contributed by atoms with Crippen LogP contribution in [-0.2, 0) is 0 Å². The van der Waals surface area contributed by atoms with Crippen LogP contribution in [0.1, 0.15) is 32.1 Å². The molecule has 1 saturated heterocycles. The topological polar surface area (TPSA) is 12.0 Å². The summed E-state index contributed by atoms with van der Waals surface area (Å²) in [4.78, 5) is 0. The van der Waals surface area contributed by atoms with Crippen LogP contribution in [0.25, 0.3) is 0 Å². The van der Waals surface area contributed by atoms with Crippen LogP contribution in [0.3, 0.4) is 0 Å². The van der Waals surface area contributed by atoms with Crippen LogP contribution < -0.4 is 5.32 Å². The highest BCUT2D eigenvalue weighted by Gasteiger charge is 2.48. The highest BCUT2D eigenvalue weighted by molar-refractivity contribution is 7.99.